The fourth-order valence-electron chi connectivity index (χ4n) is 1.28. The third kappa shape index (κ3) is 3.87. The number of hydrogen-bond acceptors (Lipinski definition) is 5. The molecule has 100 valence electrons. The zero-order valence-corrected chi connectivity index (χ0v) is 11.5. The number of carbonyl (C=O) groups excluding carboxylic acids is 1. The lowest BCUT2D eigenvalue weighted by atomic mass is 10.2. The molecule has 0 radical (unpaired) electrons. The smallest absolute Gasteiger partial charge is 0.415 e. The number of ether oxygens (including phenoxy) is 1. The van der Waals surface area contributed by atoms with E-state index in [4.69, 9.17) is 10.5 Å². The van der Waals surface area contributed by atoms with E-state index in [0.717, 1.165) is 12.1 Å². The number of hydrogen-bond donors (Lipinski definition) is 1. The molecule has 0 saturated heterocycles. The van der Waals surface area contributed by atoms with Crippen LogP contribution in [-0.4, -0.2) is 28.7 Å². The van der Waals surface area contributed by atoms with Gasteiger partial charge >= 0.3 is 6.09 Å². The van der Waals surface area contributed by atoms with Gasteiger partial charge in [-0.3, -0.25) is 4.90 Å². The van der Waals surface area contributed by atoms with Crippen molar-refractivity contribution in [3.05, 3.63) is 11.8 Å². The topological polar surface area (TPSA) is 81.3 Å². The fraction of sp³-hybridized carbons (Fsp3) is 0.583. The molecule has 0 spiro atoms. The Bertz CT molecular complexity index is 440. The summed E-state index contributed by atoms with van der Waals surface area (Å²) in [5.74, 6) is 0.591. The molecular weight excluding hydrogens is 232 g/mol. The zero-order valence-electron chi connectivity index (χ0n) is 11.5. The molecule has 0 atom stereocenters. The van der Waals surface area contributed by atoms with Crippen molar-refractivity contribution >= 4 is 17.9 Å². The van der Waals surface area contributed by atoms with Crippen molar-refractivity contribution in [2.24, 2.45) is 0 Å². The van der Waals surface area contributed by atoms with Crippen molar-refractivity contribution in [1.82, 2.24) is 9.97 Å². The predicted octanol–water partition coefficient (Wildman–Crippen LogP) is 1.99. The molecule has 0 fully saturated rings. The first kappa shape index (κ1) is 14.2. The van der Waals surface area contributed by atoms with Gasteiger partial charge in [0.05, 0.1) is 0 Å². The van der Waals surface area contributed by atoms with Gasteiger partial charge in [0.15, 0.2) is 0 Å². The van der Waals surface area contributed by atoms with Gasteiger partial charge < -0.3 is 10.5 Å². The second-order valence-electron chi connectivity index (χ2n) is 4.97. The Morgan fingerprint density at radius 2 is 2.06 bits per heavy atom. The van der Waals surface area contributed by atoms with Crippen LogP contribution in [0.15, 0.2) is 6.07 Å². The maximum absolute atomic E-state index is 11.9. The van der Waals surface area contributed by atoms with Crippen molar-refractivity contribution in [1.29, 1.82) is 0 Å². The summed E-state index contributed by atoms with van der Waals surface area (Å²) >= 11 is 0. The molecule has 2 N–H and O–H groups in total. The number of rotatable bonds is 2. The van der Waals surface area contributed by atoms with Crippen LogP contribution in [0.1, 0.15) is 33.4 Å². The van der Waals surface area contributed by atoms with Gasteiger partial charge in [0.2, 0.25) is 5.95 Å². The summed E-state index contributed by atoms with van der Waals surface area (Å²) < 4.78 is 5.25. The highest BCUT2D eigenvalue weighted by Gasteiger charge is 2.21. The molecule has 0 aliphatic heterocycles. The highest BCUT2D eigenvalue weighted by atomic mass is 16.6. The molecule has 18 heavy (non-hydrogen) atoms. The number of amides is 1. The van der Waals surface area contributed by atoms with Crippen LogP contribution in [0, 0.1) is 0 Å². The highest BCUT2D eigenvalue weighted by Crippen LogP contribution is 2.16. The summed E-state index contributed by atoms with van der Waals surface area (Å²) in [7, 11) is 1.59. The van der Waals surface area contributed by atoms with Crippen molar-refractivity contribution < 1.29 is 9.53 Å². The van der Waals surface area contributed by atoms with Crippen molar-refractivity contribution in [2.45, 2.75) is 39.7 Å². The van der Waals surface area contributed by atoms with Gasteiger partial charge in [-0.15, -0.1) is 0 Å². The minimum atomic E-state index is -0.544. The van der Waals surface area contributed by atoms with E-state index in [2.05, 4.69) is 9.97 Å². The third-order valence-electron chi connectivity index (χ3n) is 2.16. The summed E-state index contributed by atoms with van der Waals surface area (Å²) in [6, 6.07) is 1.72. The molecule has 1 aromatic heterocycles. The molecule has 1 amide bonds. The summed E-state index contributed by atoms with van der Waals surface area (Å²) in [6.45, 7) is 7.39. The second kappa shape index (κ2) is 5.20. The summed E-state index contributed by atoms with van der Waals surface area (Å²) in [6.07, 6.45) is 0.254. The van der Waals surface area contributed by atoms with Crippen LogP contribution in [0.2, 0.25) is 0 Å². The first-order valence-corrected chi connectivity index (χ1v) is 5.83. The van der Waals surface area contributed by atoms with Crippen molar-refractivity contribution in [3.8, 4) is 0 Å². The molecule has 0 unspecified atom stereocenters. The summed E-state index contributed by atoms with van der Waals surface area (Å²) in [5, 5.41) is 0. The Balaban J connectivity index is 2.93. The van der Waals surface area contributed by atoms with Crippen molar-refractivity contribution in [2.75, 3.05) is 17.7 Å². The number of nitrogens with two attached hydrogens (primary N) is 1. The van der Waals surface area contributed by atoms with Crippen LogP contribution in [0.5, 0.6) is 0 Å². The lowest BCUT2D eigenvalue weighted by Gasteiger charge is -2.24. The van der Waals surface area contributed by atoms with Gasteiger partial charge in [0, 0.05) is 18.8 Å². The van der Waals surface area contributed by atoms with E-state index in [1.807, 2.05) is 27.7 Å². The maximum atomic E-state index is 11.9. The largest absolute Gasteiger partial charge is 0.443 e. The van der Waals surface area contributed by atoms with Crippen LogP contribution in [-0.2, 0) is 11.2 Å². The molecule has 1 rings (SSSR count). The van der Waals surface area contributed by atoms with Gasteiger partial charge in [-0.2, -0.15) is 4.98 Å². The number of aromatic nitrogens is 2. The molecule has 6 heteroatoms. The fourth-order valence-corrected chi connectivity index (χ4v) is 1.28. The maximum Gasteiger partial charge on any atom is 0.415 e. The predicted molar refractivity (Wildman–Crippen MR) is 70.5 cm³/mol. The van der Waals surface area contributed by atoms with Crippen LogP contribution >= 0.6 is 0 Å². The van der Waals surface area contributed by atoms with Crippen LogP contribution in [0.4, 0.5) is 16.6 Å². The van der Waals surface area contributed by atoms with E-state index in [-0.39, 0.29) is 5.95 Å². The van der Waals surface area contributed by atoms with E-state index >= 15 is 0 Å². The van der Waals surface area contributed by atoms with Crippen LogP contribution in [0.25, 0.3) is 0 Å². The normalized spacial score (nSPS) is 11.2. The molecular formula is C12H20N4O2. The van der Waals surface area contributed by atoms with Crippen LogP contribution < -0.4 is 10.6 Å². The Hall–Kier alpha value is -1.85. The van der Waals surface area contributed by atoms with E-state index in [9.17, 15) is 4.79 Å². The minimum absolute atomic E-state index is 0.153. The third-order valence-corrected chi connectivity index (χ3v) is 2.16. The molecule has 1 heterocycles. The highest BCUT2D eigenvalue weighted by molar-refractivity contribution is 5.86. The lowest BCUT2D eigenvalue weighted by Crippen LogP contribution is -2.34. The molecule has 1 aromatic rings. The monoisotopic (exact) mass is 252 g/mol. The number of anilines is 2. The number of carbonyl (C=O) groups is 1. The average molecular weight is 252 g/mol. The van der Waals surface area contributed by atoms with E-state index in [1.54, 1.807) is 13.1 Å². The van der Waals surface area contributed by atoms with Gasteiger partial charge in [-0.05, 0) is 27.2 Å². The Labute approximate surface area is 107 Å². The SMILES string of the molecule is CCc1cc(N(C)C(=O)OC(C)(C)C)nc(N)n1. The van der Waals surface area contributed by atoms with Crippen molar-refractivity contribution in [3.63, 3.8) is 0 Å². The standard InChI is InChI=1S/C12H20N4O2/c1-6-8-7-9(15-10(13)14-8)16(5)11(17)18-12(2,3)4/h7H,6H2,1-5H3,(H2,13,14,15). The van der Waals surface area contributed by atoms with Gasteiger partial charge in [0.25, 0.3) is 0 Å². The first-order chi connectivity index (χ1) is 8.23. The quantitative estimate of drug-likeness (QED) is 0.870. The Morgan fingerprint density at radius 1 is 1.44 bits per heavy atom. The zero-order chi connectivity index (χ0) is 13.9. The molecule has 6 nitrogen and oxygen atoms in total. The molecule has 0 saturated carbocycles. The van der Waals surface area contributed by atoms with Crippen LogP contribution in [0.3, 0.4) is 0 Å². The molecule has 0 aliphatic rings. The second-order valence-corrected chi connectivity index (χ2v) is 4.97. The summed E-state index contributed by atoms with van der Waals surface area (Å²) in [4.78, 5) is 21.3. The molecule has 0 aromatic carbocycles. The van der Waals surface area contributed by atoms with E-state index in [1.165, 1.54) is 4.90 Å². The van der Waals surface area contributed by atoms with Gasteiger partial charge in [-0.25, -0.2) is 9.78 Å². The van der Waals surface area contributed by atoms with E-state index < -0.39 is 11.7 Å². The van der Waals surface area contributed by atoms with Gasteiger partial charge in [0.1, 0.15) is 11.4 Å². The number of nitrogen functional groups attached to an aromatic ring is 1. The number of nitrogens with zero attached hydrogens (tertiary/aromatic N) is 3. The molecule has 0 bridgehead atoms. The number of aryl methyl sites for hydroxylation is 1. The Morgan fingerprint density at radius 3 is 2.56 bits per heavy atom. The molecule has 0 aliphatic carbocycles. The van der Waals surface area contributed by atoms with Gasteiger partial charge in [-0.1, -0.05) is 6.92 Å². The average Bonchev–Trinajstić information content (AvgIpc) is 2.24. The lowest BCUT2D eigenvalue weighted by molar-refractivity contribution is 0.0588. The minimum Gasteiger partial charge on any atom is -0.443 e. The van der Waals surface area contributed by atoms with E-state index in [0.29, 0.717) is 5.82 Å². The summed E-state index contributed by atoms with van der Waals surface area (Å²) in [5.41, 5.74) is 5.84. The Kier molecular flexibility index (Phi) is 4.11. The first-order valence-electron chi connectivity index (χ1n) is 5.83.